The van der Waals surface area contributed by atoms with Crippen LogP contribution in [-0.2, 0) is 9.47 Å². The molecule has 0 aromatic rings. The van der Waals surface area contributed by atoms with Crippen molar-refractivity contribution in [2.45, 2.75) is 91.5 Å². The summed E-state index contributed by atoms with van der Waals surface area (Å²) in [5.74, 6) is 0. The van der Waals surface area contributed by atoms with Crippen LogP contribution in [-0.4, -0.2) is 36.5 Å². The third-order valence-electron chi connectivity index (χ3n) is 4.67. The van der Waals surface area contributed by atoms with Crippen molar-refractivity contribution in [1.82, 2.24) is 5.32 Å². The molecule has 0 aliphatic carbocycles. The lowest BCUT2D eigenvalue weighted by Gasteiger charge is -2.57. The van der Waals surface area contributed by atoms with E-state index in [2.05, 4.69) is 60.7 Å². The van der Waals surface area contributed by atoms with Crippen LogP contribution in [0.3, 0.4) is 0 Å². The molecule has 0 aromatic heterocycles. The number of hydrogen-bond acceptors (Lipinski definition) is 3. The maximum atomic E-state index is 6.03. The second kappa shape index (κ2) is 7.63. The van der Waals surface area contributed by atoms with E-state index in [4.69, 9.17) is 9.47 Å². The highest BCUT2D eigenvalue weighted by atomic mass is 35.5. The smallest absolute Gasteiger partial charge is 0.0629 e. The van der Waals surface area contributed by atoms with Gasteiger partial charge in [0.1, 0.15) is 0 Å². The number of piperidine rings is 1. The minimum atomic E-state index is 0. The van der Waals surface area contributed by atoms with Gasteiger partial charge in [-0.1, -0.05) is 0 Å². The largest absolute Gasteiger partial charge is 0.378 e. The van der Waals surface area contributed by atoms with Crippen LogP contribution < -0.4 is 5.32 Å². The van der Waals surface area contributed by atoms with Crippen LogP contribution in [0, 0.1) is 5.41 Å². The minimum absolute atomic E-state index is 0. The monoisotopic (exact) mass is 321 g/mol. The van der Waals surface area contributed by atoms with Gasteiger partial charge in [0, 0.05) is 29.7 Å². The highest BCUT2D eigenvalue weighted by molar-refractivity contribution is 5.85. The van der Waals surface area contributed by atoms with Gasteiger partial charge in [0.15, 0.2) is 0 Å². The summed E-state index contributed by atoms with van der Waals surface area (Å²) in [6.45, 7) is 19.3. The molecule has 1 N–H and O–H groups in total. The van der Waals surface area contributed by atoms with E-state index in [0.717, 1.165) is 26.1 Å². The van der Waals surface area contributed by atoms with E-state index in [1.54, 1.807) is 0 Å². The van der Waals surface area contributed by atoms with Gasteiger partial charge in [-0.2, -0.15) is 0 Å². The van der Waals surface area contributed by atoms with Crippen molar-refractivity contribution in [2.75, 3.05) is 13.2 Å². The first-order chi connectivity index (χ1) is 9.08. The summed E-state index contributed by atoms with van der Waals surface area (Å²) < 4.78 is 12.1. The Hall–Kier alpha value is 0.170. The normalized spacial score (nSPS) is 25.7. The van der Waals surface area contributed by atoms with E-state index in [1.165, 1.54) is 0 Å². The molecule has 1 aliphatic rings. The molecule has 2 unspecified atom stereocenters. The molecule has 0 radical (unpaired) electrons. The minimum Gasteiger partial charge on any atom is -0.378 e. The Morgan fingerprint density at radius 2 is 1.19 bits per heavy atom. The van der Waals surface area contributed by atoms with Gasteiger partial charge in [-0.25, -0.2) is 0 Å². The van der Waals surface area contributed by atoms with Crippen LogP contribution in [0.5, 0.6) is 0 Å². The van der Waals surface area contributed by atoms with Crippen molar-refractivity contribution in [3.63, 3.8) is 0 Å². The summed E-state index contributed by atoms with van der Waals surface area (Å²) in [6.07, 6.45) is 2.56. The van der Waals surface area contributed by atoms with E-state index < -0.39 is 0 Å². The molecule has 128 valence electrons. The number of nitrogens with one attached hydrogen (secondary N) is 1. The Bertz CT molecular complexity index is 288. The van der Waals surface area contributed by atoms with E-state index in [9.17, 15) is 0 Å². The number of ether oxygens (including phenoxy) is 2. The van der Waals surface area contributed by atoms with Crippen molar-refractivity contribution in [1.29, 1.82) is 0 Å². The van der Waals surface area contributed by atoms with Gasteiger partial charge in [0.25, 0.3) is 0 Å². The first-order valence-electron chi connectivity index (χ1n) is 8.11. The summed E-state index contributed by atoms with van der Waals surface area (Å²) >= 11 is 0. The molecule has 3 nitrogen and oxygen atoms in total. The van der Waals surface area contributed by atoms with Gasteiger partial charge in [0.2, 0.25) is 0 Å². The molecule has 1 saturated heterocycles. The maximum absolute atomic E-state index is 6.03. The Labute approximate surface area is 138 Å². The molecule has 0 spiro atoms. The molecule has 0 bridgehead atoms. The van der Waals surface area contributed by atoms with Crippen LogP contribution in [0.15, 0.2) is 0 Å². The molecule has 2 atom stereocenters. The SMILES string of the molecule is CCOC(C)C1(C(C)OCC)CC(C)(C)NC(C)(C)C1.Cl. The second-order valence-corrected chi connectivity index (χ2v) is 7.67. The highest BCUT2D eigenvalue weighted by Gasteiger charge is 2.53. The molecular formula is C17H36ClNO2. The van der Waals surface area contributed by atoms with Crippen molar-refractivity contribution < 1.29 is 9.47 Å². The van der Waals surface area contributed by atoms with Gasteiger partial charge in [-0.3, -0.25) is 0 Å². The van der Waals surface area contributed by atoms with Gasteiger partial charge >= 0.3 is 0 Å². The van der Waals surface area contributed by atoms with Crippen LogP contribution >= 0.6 is 12.4 Å². The molecule has 1 aliphatic heterocycles. The van der Waals surface area contributed by atoms with E-state index in [-0.39, 0.29) is 41.1 Å². The summed E-state index contributed by atoms with van der Waals surface area (Å²) in [6, 6.07) is 0. The summed E-state index contributed by atoms with van der Waals surface area (Å²) in [5, 5.41) is 3.77. The topological polar surface area (TPSA) is 30.5 Å². The summed E-state index contributed by atoms with van der Waals surface area (Å²) in [5.41, 5.74) is 0.251. The zero-order valence-electron chi connectivity index (χ0n) is 15.2. The van der Waals surface area contributed by atoms with E-state index in [1.807, 2.05) is 0 Å². The summed E-state index contributed by atoms with van der Waals surface area (Å²) in [7, 11) is 0. The zero-order valence-corrected chi connectivity index (χ0v) is 16.0. The highest BCUT2D eigenvalue weighted by Crippen LogP contribution is 2.48. The zero-order chi connectivity index (χ0) is 15.6. The molecule has 1 rings (SSSR count). The lowest BCUT2D eigenvalue weighted by atomic mass is 9.60. The third-order valence-corrected chi connectivity index (χ3v) is 4.67. The van der Waals surface area contributed by atoms with Crippen LogP contribution in [0.4, 0.5) is 0 Å². The second-order valence-electron chi connectivity index (χ2n) is 7.67. The Morgan fingerprint density at radius 1 is 0.857 bits per heavy atom. The molecule has 0 saturated carbocycles. The van der Waals surface area contributed by atoms with Crippen molar-refractivity contribution in [3.8, 4) is 0 Å². The fraction of sp³-hybridized carbons (Fsp3) is 1.00. The first-order valence-corrected chi connectivity index (χ1v) is 8.11. The van der Waals surface area contributed by atoms with Crippen molar-refractivity contribution in [2.24, 2.45) is 5.41 Å². The standard InChI is InChI=1S/C17H35NO2.ClH/c1-9-19-13(3)17(14(4)20-10-2)11-15(5,6)18-16(7,8)12-17;/h13-14,18H,9-12H2,1-8H3;1H. The van der Waals surface area contributed by atoms with Crippen molar-refractivity contribution in [3.05, 3.63) is 0 Å². The lowest BCUT2D eigenvalue weighted by molar-refractivity contribution is -0.151. The van der Waals surface area contributed by atoms with E-state index in [0.29, 0.717) is 0 Å². The van der Waals surface area contributed by atoms with Crippen molar-refractivity contribution >= 4 is 12.4 Å². The Balaban J connectivity index is 0.00000400. The predicted molar refractivity (Wildman–Crippen MR) is 92.4 cm³/mol. The average Bonchev–Trinajstić information content (AvgIpc) is 2.25. The quantitative estimate of drug-likeness (QED) is 0.796. The Kier molecular flexibility index (Phi) is 7.69. The fourth-order valence-corrected chi connectivity index (χ4v) is 4.45. The molecule has 4 heteroatoms. The number of rotatable bonds is 6. The summed E-state index contributed by atoms with van der Waals surface area (Å²) in [4.78, 5) is 0. The predicted octanol–water partition coefficient (Wildman–Crippen LogP) is 4.19. The van der Waals surface area contributed by atoms with Crippen LogP contribution in [0.2, 0.25) is 0 Å². The van der Waals surface area contributed by atoms with Gasteiger partial charge in [-0.05, 0) is 68.2 Å². The molecule has 0 aromatic carbocycles. The molecule has 0 amide bonds. The average molecular weight is 322 g/mol. The molecule has 1 heterocycles. The third kappa shape index (κ3) is 5.09. The molecule has 1 fully saturated rings. The molecule has 21 heavy (non-hydrogen) atoms. The number of halogens is 1. The van der Waals surface area contributed by atoms with E-state index >= 15 is 0 Å². The van der Waals surface area contributed by atoms with Gasteiger partial charge in [-0.15, -0.1) is 12.4 Å². The maximum Gasteiger partial charge on any atom is 0.0629 e. The van der Waals surface area contributed by atoms with Gasteiger partial charge in [0.05, 0.1) is 12.2 Å². The van der Waals surface area contributed by atoms with Crippen LogP contribution in [0.25, 0.3) is 0 Å². The number of hydrogen-bond donors (Lipinski definition) is 1. The lowest BCUT2D eigenvalue weighted by Crippen LogP contribution is -2.66. The first kappa shape index (κ1) is 21.2. The van der Waals surface area contributed by atoms with Gasteiger partial charge < -0.3 is 14.8 Å². The fourth-order valence-electron chi connectivity index (χ4n) is 4.45. The Morgan fingerprint density at radius 3 is 1.48 bits per heavy atom. The molecular weight excluding hydrogens is 286 g/mol. The van der Waals surface area contributed by atoms with Crippen LogP contribution in [0.1, 0.15) is 68.2 Å².